The van der Waals surface area contributed by atoms with Crippen LogP contribution in [0.5, 0.6) is 5.75 Å². The minimum Gasteiger partial charge on any atom is -0.496 e. The molecule has 2 rings (SSSR count). The molecule has 2 aromatic rings. The van der Waals surface area contributed by atoms with E-state index in [-0.39, 0.29) is 5.92 Å². The smallest absolute Gasteiger partial charge is 0.125 e. The zero-order valence-electron chi connectivity index (χ0n) is 11.6. The van der Waals surface area contributed by atoms with Crippen molar-refractivity contribution in [3.05, 3.63) is 63.1 Å². The summed E-state index contributed by atoms with van der Waals surface area (Å²) in [7, 11) is 1.58. The summed E-state index contributed by atoms with van der Waals surface area (Å²) in [6.07, 6.45) is -0.751. The van der Waals surface area contributed by atoms with Crippen LogP contribution in [0.25, 0.3) is 0 Å². The second-order valence-electron chi connectivity index (χ2n) is 4.72. The number of halogens is 2. The Morgan fingerprint density at radius 3 is 2.48 bits per heavy atom. The molecule has 0 aliphatic rings. The fraction of sp³-hybridized carbons (Fsp3) is 0.250. The summed E-state index contributed by atoms with van der Waals surface area (Å²) in [6.45, 7) is 0.321. The molecule has 0 saturated heterocycles. The van der Waals surface area contributed by atoms with Gasteiger partial charge in [-0.15, -0.1) is 0 Å². The molecule has 0 saturated carbocycles. The molecule has 0 radical (unpaired) electrons. The molecule has 3 nitrogen and oxygen atoms in total. The second kappa shape index (κ2) is 7.27. The van der Waals surface area contributed by atoms with Gasteiger partial charge in [-0.05, 0) is 29.8 Å². The van der Waals surface area contributed by atoms with Crippen LogP contribution >= 0.6 is 27.5 Å². The average molecular weight is 371 g/mol. The number of hydrogen-bond donors (Lipinski definition) is 2. The number of nitrogens with two attached hydrogens (primary N) is 1. The molecule has 0 fully saturated rings. The summed E-state index contributed by atoms with van der Waals surface area (Å²) in [6, 6.07) is 12.9. The maximum atomic E-state index is 10.7. The van der Waals surface area contributed by atoms with Gasteiger partial charge in [0.05, 0.1) is 13.2 Å². The first kappa shape index (κ1) is 16.3. The lowest BCUT2D eigenvalue weighted by molar-refractivity contribution is 0.144. The average Bonchev–Trinajstić information content (AvgIpc) is 2.49. The molecule has 0 amide bonds. The Morgan fingerprint density at radius 2 is 1.90 bits per heavy atom. The number of ether oxygens (including phenoxy) is 1. The maximum absolute atomic E-state index is 10.7. The topological polar surface area (TPSA) is 55.5 Å². The van der Waals surface area contributed by atoms with Crippen molar-refractivity contribution >= 4 is 27.5 Å². The molecule has 3 N–H and O–H groups in total. The fourth-order valence-electron chi connectivity index (χ4n) is 2.30. The lowest BCUT2D eigenvalue weighted by atomic mass is 9.89. The van der Waals surface area contributed by atoms with Gasteiger partial charge in [-0.1, -0.05) is 45.7 Å². The van der Waals surface area contributed by atoms with Crippen LogP contribution in [0.1, 0.15) is 23.1 Å². The summed E-state index contributed by atoms with van der Waals surface area (Å²) in [4.78, 5) is 0. The number of hydrogen-bond acceptors (Lipinski definition) is 3. The molecule has 112 valence electrons. The van der Waals surface area contributed by atoms with Gasteiger partial charge in [0.2, 0.25) is 0 Å². The maximum Gasteiger partial charge on any atom is 0.125 e. The van der Waals surface area contributed by atoms with E-state index in [1.807, 2.05) is 30.3 Å². The number of benzene rings is 2. The van der Waals surface area contributed by atoms with E-state index in [2.05, 4.69) is 15.9 Å². The summed E-state index contributed by atoms with van der Waals surface area (Å²) >= 11 is 9.29. The number of aliphatic hydroxyl groups excluding tert-OH is 1. The largest absolute Gasteiger partial charge is 0.496 e. The molecule has 0 spiro atoms. The SMILES string of the molecule is COc1cc(Br)ccc1C(O)C(CN)c1ccc(Cl)cc1. The number of aliphatic hydroxyl groups is 1. The third-order valence-corrected chi connectivity index (χ3v) is 4.19. The zero-order chi connectivity index (χ0) is 15.4. The molecule has 2 unspecified atom stereocenters. The lowest BCUT2D eigenvalue weighted by Crippen LogP contribution is -2.20. The van der Waals surface area contributed by atoms with Gasteiger partial charge in [-0.2, -0.15) is 0 Å². The van der Waals surface area contributed by atoms with E-state index in [0.717, 1.165) is 10.0 Å². The minimum atomic E-state index is -0.751. The van der Waals surface area contributed by atoms with Crippen LogP contribution in [0.2, 0.25) is 5.02 Å². The first-order valence-electron chi connectivity index (χ1n) is 6.54. The molecular formula is C16H17BrClNO2. The minimum absolute atomic E-state index is 0.225. The Labute approximate surface area is 137 Å². The highest BCUT2D eigenvalue weighted by Crippen LogP contribution is 2.36. The molecule has 0 aromatic heterocycles. The predicted octanol–water partition coefficient (Wildman–Crippen LogP) is 3.89. The van der Waals surface area contributed by atoms with Crippen molar-refractivity contribution in [3.63, 3.8) is 0 Å². The van der Waals surface area contributed by atoms with Crippen molar-refractivity contribution in [2.45, 2.75) is 12.0 Å². The monoisotopic (exact) mass is 369 g/mol. The molecule has 2 atom stereocenters. The molecule has 21 heavy (non-hydrogen) atoms. The summed E-state index contributed by atoms with van der Waals surface area (Å²) < 4.78 is 6.24. The van der Waals surface area contributed by atoms with Gasteiger partial charge >= 0.3 is 0 Å². The van der Waals surface area contributed by atoms with E-state index in [1.54, 1.807) is 19.2 Å². The molecule has 0 aliphatic heterocycles. The van der Waals surface area contributed by atoms with Crippen LogP contribution in [0.4, 0.5) is 0 Å². The molecular weight excluding hydrogens is 354 g/mol. The van der Waals surface area contributed by atoms with Gasteiger partial charge in [-0.3, -0.25) is 0 Å². The molecule has 5 heteroatoms. The van der Waals surface area contributed by atoms with Gasteiger partial charge < -0.3 is 15.6 Å². The van der Waals surface area contributed by atoms with E-state index >= 15 is 0 Å². The van der Waals surface area contributed by atoms with Gasteiger partial charge in [0.1, 0.15) is 5.75 Å². The van der Waals surface area contributed by atoms with Crippen LogP contribution in [0.15, 0.2) is 46.9 Å². The van der Waals surface area contributed by atoms with Crippen LogP contribution in [-0.2, 0) is 0 Å². The van der Waals surface area contributed by atoms with Crippen LogP contribution < -0.4 is 10.5 Å². The first-order chi connectivity index (χ1) is 10.1. The van der Waals surface area contributed by atoms with E-state index in [0.29, 0.717) is 22.9 Å². The number of rotatable bonds is 5. The fourth-order valence-corrected chi connectivity index (χ4v) is 2.77. The Balaban J connectivity index is 2.36. The highest BCUT2D eigenvalue weighted by Gasteiger charge is 2.24. The third kappa shape index (κ3) is 3.77. The molecule has 0 heterocycles. The van der Waals surface area contributed by atoms with Crippen molar-refractivity contribution in [3.8, 4) is 5.75 Å². The van der Waals surface area contributed by atoms with E-state index < -0.39 is 6.10 Å². The Morgan fingerprint density at radius 1 is 1.24 bits per heavy atom. The zero-order valence-corrected chi connectivity index (χ0v) is 13.9. The summed E-state index contributed by atoms with van der Waals surface area (Å²) in [5, 5.41) is 11.4. The molecule has 2 aromatic carbocycles. The Bertz CT molecular complexity index is 604. The highest BCUT2D eigenvalue weighted by molar-refractivity contribution is 9.10. The Kier molecular flexibility index (Phi) is 5.65. The van der Waals surface area contributed by atoms with Gasteiger partial charge in [-0.25, -0.2) is 0 Å². The van der Waals surface area contributed by atoms with Gasteiger partial charge in [0.15, 0.2) is 0 Å². The summed E-state index contributed by atoms with van der Waals surface area (Å²) in [5.41, 5.74) is 7.52. The third-order valence-electron chi connectivity index (χ3n) is 3.45. The standard InChI is InChI=1S/C16H17BrClNO2/c1-21-15-8-11(17)4-7-13(15)16(20)14(9-19)10-2-5-12(18)6-3-10/h2-8,14,16,20H,9,19H2,1H3. The van der Waals surface area contributed by atoms with E-state index in [4.69, 9.17) is 22.1 Å². The van der Waals surface area contributed by atoms with Crippen molar-refractivity contribution in [1.82, 2.24) is 0 Å². The quantitative estimate of drug-likeness (QED) is 0.839. The summed E-state index contributed by atoms with van der Waals surface area (Å²) in [5.74, 6) is 0.404. The van der Waals surface area contributed by atoms with E-state index in [9.17, 15) is 5.11 Å². The van der Waals surface area contributed by atoms with Crippen molar-refractivity contribution in [1.29, 1.82) is 0 Å². The highest BCUT2D eigenvalue weighted by atomic mass is 79.9. The van der Waals surface area contributed by atoms with Crippen LogP contribution in [0, 0.1) is 0 Å². The lowest BCUT2D eigenvalue weighted by Gasteiger charge is -2.24. The van der Waals surface area contributed by atoms with Crippen molar-refractivity contribution in [2.24, 2.45) is 5.73 Å². The first-order valence-corrected chi connectivity index (χ1v) is 7.71. The molecule has 0 aliphatic carbocycles. The van der Waals surface area contributed by atoms with Gasteiger partial charge in [0, 0.05) is 27.5 Å². The van der Waals surface area contributed by atoms with Crippen molar-refractivity contribution < 1.29 is 9.84 Å². The second-order valence-corrected chi connectivity index (χ2v) is 6.08. The predicted molar refractivity (Wildman–Crippen MR) is 88.9 cm³/mol. The van der Waals surface area contributed by atoms with Crippen LogP contribution in [0.3, 0.4) is 0 Å². The van der Waals surface area contributed by atoms with Crippen LogP contribution in [-0.4, -0.2) is 18.8 Å². The van der Waals surface area contributed by atoms with Crippen molar-refractivity contribution in [2.75, 3.05) is 13.7 Å². The normalized spacial score (nSPS) is 13.8. The number of methoxy groups -OCH3 is 1. The van der Waals surface area contributed by atoms with E-state index in [1.165, 1.54) is 0 Å². The van der Waals surface area contributed by atoms with Gasteiger partial charge in [0.25, 0.3) is 0 Å². The molecule has 0 bridgehead atoms. The Hall–Kier alpha value is -1.07.